The molecule has 2 aliphatic heterocycles. The zero-order valence-electron chi connectivity index (χ0n) is 16.5. The third-order valence-corrected chi connectivity index (χ3v) is 5.97. The fourth-order valence-electron chi connectivity index (χ4n) is 4.07. The van der Waals surface area contributed by atoms with Crippen molar-refractivity contribution in [2.24, 2.45) is 5.92 Å². The molecule has 2 unspecified atom stereocenters. The molecule has 0 spiro atoms. The summed E-state index contributed by atoms with van der Waals surface area (Å²) in [5, 5.41) is 7.50. The zero-order chi connectivity index (χ0) is 19.3. The van der Waals surface area contributed by atoms with E-state index in [1.54, 1.807) is 0 Å². The number of hydrogen-bond acceptors (Lipinski definition) is 6. The van der Waals surface area contributed by atoms with Crippen LogP contribution in [0.3, 0.4) is 0 Å². The minimum Gasteiger partial charge on any atom is -0.340 e. The van der Waals surface area contributed by atoms with Gasteiger partial charge >= 0.3 is 0 Å². The monoisotopic (exact) mass is 383 g/mol. The predicted octanol–water partition coefficient (Wildman–Crippen LogP) is 2.33. The summed E-state index contributed by atoms with van der Waals surface area (Å²) in [6.45, 7) is 7.46. The molecule has 28 heavy (non-hydrogen) atoms. The van der Waals surface area contributed by atoms with Crippen molar-refractivity contribution in [3.63, 3.8) is 0 Å². The normalized spacial score (nSPS) is 21.8. The number of hydrogen-bond donors (Lipinski definition) is 1. The van der Waals surface area contributed by atoms with Gasteiger partial charge in [0.1, 0.15) is 0 Å². The molecule has 2 saturated heterocycles. The van der Waals surface area contributed by atoms with Crippen molar-refractivity contribution in [3.05, 3.63) is 36.2 Å². The molecule has 1 aromatic carbocycles. The summed E-state index contributed by atoms with van der Waals surface area (Å²) in [6.07, 6.45) is 2.88. The summed E-state index contributed by atoms with van der Waals surface area (Å²) in [4.78, 5) is 21.4. The SMILES string of the molecule is CC(c1nc(-c2ccccc2)no1)N1CCN(C(=O)CCC2CCNC2)CC1. The van der Waals surface area contributed by atoms with E-state index >= 15 is 0 Å². The average molecular weight is 383 g/mol. The van der Waals surface area contributed by atoms with Crippen molar-refractivity contribution in [2.45, 2.75) is 32.2 Å². The molecule has 2 aliphatic rings. The van der Waals surface area contributed by atoms with Crippen LogP contribution in [0.4, 0.5) is 0 Å². The van der Waals surface area contributed by atoms with Crippen molar-refractivity contribution in [1.82, 2.24) is 25.3 Å². The maximum Gasteiger partial charge on any atom is 0.244 e. The summed E-state index contributed by atoms with van der Waals surface area (Å²) in [6, 6.07) is 9.91. The maximum atomic E-state index is 12.5. The van der Waals surface area contributed by atoms with Crippen molar-refractivity contribution in [3.8, 4) is 11.4 Å². The van der Waals surface area contributed by atoms with Crippen LogP contribution in [0, 0.1) is 5.92 Å². The number of rotatable bonds is 6. The minimum atomic E-state index is 0.0479. The summed E-state index contributed by atoms with van der Waals surface area (Å²) in [5.41, 5.74) is 0.956. The molecule has 7 nitrogen and oxygen atoms in total. The highest BCUT2D eigenvalue weighted by atomic mass is 16.5. The van der Waals surface area contributed by atoms with Gasteiger partial charge in [-0.05, 0) is 38.8 Å². The third-order valence-electron chi connectivity index (χ3n) is 5.97. The highest BCUT2D eigenvalue weighted by Crippen LogP contribution is 2.24. The number of amides is 1. The minimum absolute atomic E-state index is 0.0479. The number of nitrogens with one attached hydrogen (secondary N) is 1. The van der Waals surface area contributed by atoms with Gasteiger partial charge in [-0.25, -0.2) is 0 Å². The van der Waals surface area contributed by atoms with Gasteiger partial charge < -0.3 is 14.7 Å². The van der Waals surface area contributed by atoms with Crippen LogP contribution in [-0.2, 0) is 4.79 Å². The first-order valence-corrected chi connectivity index (χ1v) is 10.3. The van der Waals surface area contributed by atoms with E-state index in [-0.39, 0.29) is 6.04 Å². The Morgan fingerprint density at radius 2 is 2.04 bits per heavy atom. The summed E-state index contributed by atoms with van der Waals surface area (Å²) < 4.78 is 5.51. The van der Waals surface area contributed by atoms with Gasteiger partial charge in [-0.15, -0.1) is 0 Å². The van der Waals surface area contributed by atoms with E-state index in [1.165, 1.54) is 6.42 Å². The Kier molecular flexibility index (Phi) is 6.02. The number of aromatic nitrogens is 2. The Balaban J connectivity index is 1.27. The largest absolute Gasteiger partial charge is 0.340 e. The predicted molar refractivity (Wildman–Crippen MR) is 107 cm³/mol. The Hall–Kier alpha value is -2.25. The lowest BCUT2D eigenvalue weighted by Gasteiger charge is -2.37. The van der Waals surface area contributed by atoms with Crippen LogP contribution in [0.25, 0.3) is 11.4 Å². The fraction of sp³-hybridized carbons (Fsp3) is 0.571. The van der Waals surface area contributed by atoms with Gasteiger partial charge in [-0.1, -0.05) is 35.5 Å². The van der Waals surface area contributed by atoms with E-state index < -0.39 is 0 Å². The van der Waals surface area contributed by atoms with E-state index in [2.05, 4.69) is 27.3 Å². The van der Waals surface area contributed by atoms with Gasteiger partial charge in [0, 0.05) is 38.2 Å². The van der Waals surface area contributed by atoms with Crippen LogP contribution in [0.5, 0.6) is 0 Å². The highest BCUT2D eigenvalue weighted by molar-refractivity contribution is 5.76. The third kappa shape index (κ3) is 4.42. The molecule has 7 heteroatoms. The van der Waals surface area contributed by atoms with E-state index in [9.17, 15) is 4.79 Å². The quantitative estimate of drug-likeness (QED) is 0.825. The second-order valence-corrected chi connectivity index (χ2v) is 7.81. The number of piperazine rings is 1. The fourth-order valence-corrected chi connectivity index (χ4v) is 4.07. The van der Waals surface area contributed by atoms with Gasteiger partial charge in [-0.2, -0.15) is 4.98 Å². The van der Waals surface area contributed by atoms with Crippen LogP contribution in [0.1, 0.15) is 38.1 Å². The van der Waals surface area contributed by atoms with Crippen molar-refractivity contribution < 1.29 is 9.32 Å². The molecule has 2 aromatic rings. The second kappa shape index (κ2) is 8.84. The van der Waals surface area contributed by atoms with Gasteiger partial charge in [-0.3, -0.25) is 9.69 Å². The molecule has 0 radical (unpaired) electrons. The number of nitrogens with zero attached hydrogens (tertiary/aromatic N) is 4. The average Bonchev–Trinajstić information content (AvgIpc) is 3.44. The van der Waals surface area contributed by atoms with Gasteiger partial charge in [0.25, 0.3) is 0 Å². The molecule has 150 valence electrons. The molecule has 2 fully saturated rings. The van der Waals surface area contributed by atoms with Crippen molar-refractivity contribution >= 4 is 5.91 Å². The molecule has 2 atom stereocenters. The molecule has 0 aliphatic carbocycles. The van der Waals surface area contributed by atoms with Crippen LogP contribution in [-0.4, -0.2) is 65.1 Å². The smallest absolute Gasteiger partial charge is 0.244 e. The first-order valence-electron chi connectivity index (χ1n) is 10.3. The van der Waals surface area contributed by atoms with Crippen LogP contribution >= 0.6 is 0 Å². The maximum absolute atomic E-state index is 12.5. The molecule has 0 saturated carbocycles. The Morgan fingerprint density at radius 1 is 1.25 bits per heavy atom. The number of carbonyl (C=O) groups excluding carboxylic acids is 1. The van der Waals surface area contributed by atoms with Gasteiger partial charge in [0.05, 0.1) is 6.04 Å². The first kappa shape index (κ1) is 19.1. The highest BCUT2D eigenvalue weighted by Gasteiger charge is 2.28. The van der Waals surface area contributed by atoms with Crippen molar-refractivity contribution in [1.29, 1.82) is 0 Å². The Bertz CT molecular complexity index is 764. The lowest BCUT2D eigenvalue weighted by molar-refractivity contribution is -0.133. The zero-order valence-corrected chi connectivity index (χ0v) is 16.5. The molecule has 1 aromatic heterocycles. The second-order valence-electron chi connectivity index (χ2n) is 7.81. The van der Waals surface area contributed by atoms with Crippen LogP contribution in [0.2, 0.25) is 0 Å². The van der Waals surface area contributed by atoms with Gasteiger partial charge in [0.2, 0.25) is 17.6 Å². The van der Waals surface area contributed by atoms with Crippen LogP contribution in [0.15, 0.2) is 34.9 Å². The standard InChI is InChI=1S/C21H29N5O2/c1-16(21-23-20(24-28-21)18-5-3-2-4-6-18)25-11-13-26(14-12-25)19(27)8-7-17-9-10-22-15-17/h2-6,16-17,22H,7-15H2,1H3. The van der Waals surface area contributed by atoms with E-state index in [0.717, 1.165) is 51.3 Å². The Labute approximate surface area is 166 Å². The molecule has 1 amide bonds. The van der Waals surface area contributed by atoms with E-state index in [1.807, 2.05) is 35.2 Å². The van der Waals surface area contributed by atoms with E-state index in [0.29, 0.717) is 30.0 Å². The van der Waals surface area contributed by atoms with E-state index in [4.69, 9.17) is 4.52 Å². The number of benzene rings is 1. The first-order chi connectivity index (χ1) is 13.7. The lowest BCUT2D eigenvalue weighted by Crippen LogP contribution is -2.49. The lowest BCUT2D eigenvalue weighted by atomic mass is 10.0. The summed E-state index contributed by atoms with van der Waals surface area (Å²) in [7, 11) is 0. The molecule has 3 heterocycles. The molecule has 0 bridgehead atoms. The number of carbonyl (C=O) groups is 1. The Morgan fingerprint density at radius 3 is 2.75 bits per heavy atom. The molecule has 1 N–H and O–H groups in total. The molecular formula is C21H29N5O2. The van der Waals surface area contributed by atoms with Crippen molar-refractivity contribution in [2.75, 3.05) is 39.3 Å². The molecule has 4 rings (SSSR count). The van der Waals surface area contributed by atoms with Gasteiger partial charge in [0.15, 0.2) is 0 Å². The molecular weight excluding hydrogens is 354 g/mol. The summed E-state index contributed by atoms with van der Waals surface area (Å²) in [5.74, 6) is 2.22. The van der Waals surface area contributed by atoms with Crippen LogP contribution < -0.4 is 5.32 Å². The topological polar surface area (TPSA) is 74.5 Å². The summed E-state index contributed by atoms with van der Waals surface area (Å²) >= 11 is 0.